The highest BCUT2D eigenvalue weighted by Crippen LogP contribution is 2.44. The van der Waals surface area contributed by atoms with Gasteiger partial charge in [-0.25, -0.2) is 9.59 Å². The predicted molar refractivity (Wildman–Crippen MR) is 125 cm³/mol. The van der Waals surface area contributed by atoms with Gasteiger partial charge in [0, 0.05) is 26.0 Å². The molecule has 0 saturated heterocycles. The Bertz CT molecular complexity index is 980. The maximum Gasteiger partial charge on any atom is 0.407 e. The number of fused-ring (bicyclic) bond motifs is 3. The molecular weight excluding hydrogens is 440 g/mol. The van der Waals surface area contributed by atoms with Crippen LogP contribution >= 0.6 is 0 Å². The number of aliphatic carboxylic acids is 1. The molecule has 2 aromatic carbocycles. The Morgan fingerprint density at radius 3 is 2.21 bits per heavy atom. The summed E-state index contributed by atoms with van der Waals surface area (Å²) in [6.45, 7) is 1.93. The van der Waals surface area contributed by atoms with Gasteiger partial charge in [-0.2, -0.15) is 0 Å². The maximum absolute atomic E-state index is 12.1. The number of carbonyl (C=O) groups is 3. The Labute approximate surface area is 198 Å². The molecule has 0 bridgehead atoms. The molecule has 0 aliphatic heterocycles. The van der Waals surface area contributed by atoms with Crippen molar-refractivity contribution in [1.29, 1.82) is 0 Å². The summed E-state index contributed by atoms with van der Waals surface area (Å²) >= 11 is 0. The largest absolute Gasteiger partial charge is 0.479 e. The van der Waals surface area contributed by atoms with E-state index in [1.165, 1.54) is 14.0 Å². The molecule has 9 nitrogen and oxygen atoms in total. The van der Waals surface area contributed by atoms with E-state index in [0.29, 0.717) is 0 Å². The molecule has 0 radical (unpaired) electrons. The monoisotopic (exact) mass is 470 g/mol. The minimum Gasteiger partial charge on any atom is -0.479 e. The van der Waals surface area contributed by atoms with E-state index in [1.54, 1.807) is 0 Å². The Hall–Kier alpha value is -3.43. The van der Waals surface area contributed by atoms with Crippen LogP contribution in [0.25, 0.3) is 11.1 Å². The maximum atomic E-state index is 12.1. The summed E-state index contributed by atoms with van der Waals surface area (Å²) in [6, 6.07) is 16.2. The molecule has 2 amide bonds. The van der Waals surface area contributed by atoms with E-state index >= 15 is 0 Å². The summed E-state index contributed by atoms with van der Waals surface area (Å²) in [5, 5.41) is 14.3. The topological polar surface area (TPSA) is 123 Å². The van der Waals surface area contributed by atoms with Crippen LogP contribution in [0.15, 0.2) is 48.5 Å². The summed E-state index contributed by atoms with van der Waals surface area (Å²) in [7, 11) is 1.36. The highest BCUT2D eigenvalue weighted by Gasteiger charge is 2.34. The first-order chi connectivity index (χ1) is 16.4. The summed E-state index contributed by atoms with van der Waals surface area (Å²) in [6.07, 6.45) is -0.558. The molecule has 3 N–H and O–H groups in total. The number of benzene rings is 2. The van der Waals surface area contributed by atoms with Crippen molar-refractivity contribution >= 4 is 18.0 Å². The molecule has 0 heterocycles. The second kappa shape index (κ2) is 11.6. The summed E-state index contributed by atoms with van der Waals surface area (Å²) in [5.74, 6) is -1.66. The van der Waals surface area contributed by atoms with Crippen LogP contribution in [0.3, 0.4) is 0 Å². The zero-order valence-corrected chi connectivity index (χ0v) is 19.3. The number of carbonyl (C=O) groups excluding carboxylic acids is 2. The lowest BCUT2D eigenvalue weighted by Crippen LogP contribution is -2.55. The number of hydrogen-bond donors (Lipinski definition) is 3. The van der Waals surface area contributed by atoms with Gasteiger partial charge in [0.2, 0.25) is 5.91 Å². The Morgan fingerprint density at radius 2 is 1.62 bits per heavy atom. The molecule has 0 fully saturated rings. The van der Waals surface area contributed by atoms with Crippen LogP contribution in [0.1, 0.15) is 30.4 Å². The third-order valence-corrected chi connectivity index (χ3v) is 5.65. The molecule has 1 atom stereocenters. The Morgan fingerprint density at radius 1 is 1.00 bits per heavy atom. The molecule has 2 aromatic rings. The molecule has 182 valence electrons. The van der Waals surface area contributed by atoms with Gasteiger partial charge in [0.05, 0.1) is 19.8 Å². The summed E-state index contributed by atoms with van der Waals surface area (Å²) in [5.41, 5.74) is 3.10. The van der Waals surface area contributed by atoms with Crippen molar-refractivity contribution in [2.75, 3.05) is 40.1 Å². The average molecular weight is 471 g/mol. The Balaban J connectivity index is 1.35. The smallest absolute Gasteiger partial charge is 0.407 e. The van der Waals surface area contributed by atoms with E-state index in [9.17, 15) is 19.5 Å². The van der Waals surface area contributed by atoms with E-state index in [1.807, 2.05) is 24.3 Å². The molecule has 1 aliphatic rings. The number of rotatable bonds is 12. The van der Waals surface area contributed by atoms with Gasteiger partial charge in [-0.05, 0) is 29.2 Å². The summed E-state index contributed by atoms with van der Waals surface area (Å²) < 4.78 is 15.7. The van der Waals surface area contributed by atoms with Gasteiger partial charge >= 0.3 is 12.1 Å². The number of alkyl carbamates (subject to hydrolysis) is 1. The van der Waals surface area contributed by atoms with Gasteiger partial charge in [-0.3, -0.25) is 4.79 Å². The van der Waals surface area contributed by atoms with E-state index < -0.39 is 23.5 Å². The van der Waals surface area contributed by atoms with Crippen molar-refractivity contribution < 1.29 is 33.7 Å². The van der Waals surface area contributed by atoms with Crippen molar-refractivity contribution in [2.24, 2.45) is 0 Å². The van der Waals surface area contributed by atoms with Gasteiger partial charge in [0.15, 0.2) is 5.54 Å². The van der Waals surface area contributed by atoms with Crippen LogP contribution in [0, 0.1) is 0 Å². The van der Waals surface area contributed by atoms with Crippen LogP contribution in [-0.4, -0.2) is 68.7 Å². The first kappa shape index (κ1) is 25.2. The minimum absolute atomic E-state index is 0.0116. The normalized spacial score (nSPS) is 13.9. The number of hydrogen-bond acceptors (Lipinski definition) is 6. The van der Waals surface area contributed by atoms with Crippen LogP contribution in [0.4, 0.5) is 4.79 Å². The molecule has 1 unspecified atom stereocenters. The second-order valence-electron chi connectivity index (χ2n) is 8.23. The number of nitrogens with one attached hydrogen (secondary N) is 2. The van der Waals surface area contributed by atoms with Gasteiger partial charge in [-0.15, -0.1) is 0 Å². The van der Waals surface area contributed by atoms with Gasteiger partial charge in [0.25, 0.3) is 0 Å². The fourth-order valence-electron chi connectivity index (χ4n) is 3.95. The third-order valence-electron chi connectivity index (χ3n) is 5.65. The van der Waals surface area contributed by atoms with Crippen molar-refractivity contribution in [3.05, 3.63) is 59.7 Å². The fraction of sp³-hybridized carbons (Fsp3) is 0.400. The fourth-order valence-corrected chi connectivity index (χ4v) is 3.95. The first-order valence-corrected chi connectivity index (χ1v) is 11.1. The number of carboxylic acids is 1. The number of carboxylic acid groups (broad SMARTS) is 1. The highest BCUT2D eigenvalue weighted by molar-refractivity contribution is 5.86. The molecule has 3 rings (SSSR count). The molecular formula is C25H30N2O7. The first-order valence-electron chi connectivity index (χ1n) is 11.1. The van der Waals surface area contributed by atoms with Gasteiger partial charge in [-0.1, -0.05) is 48.5 Å². The van der Waals surface area contributed by atoms with Gasteiger partial charge in [0.1, 0.15) is 6.61 Å². The summed E-state index contributed by atoms with van der Waals surface area (Å²) in [4.78, 5) is 35.4. The quantitative estimate of drug-likeness (QED) is 0.407. The zero-order valence-electron chi connectivity index (χ0n) is 19.3. The van der Waals surface area contributed by atoms with Crippen LogP contribution < -0.4 is 10.6 Å². The van der Waals surface area contributed by atoms with Crippen molar-refractivity contribution in [2.45, 2.75) is 24.8 Å². The number of ether oxygens (including phenoxy) is 3. The SMILES string of the molecule is COCC(C)(NC(=O)CCOCCNC(=O)OCC1c2ccccc2-c2ccccc21)C(=O)O. The lowest BCUT2D eigenvalue weighted by atomic mass is 9.98. The molecule has 0 spiro atoms. The second-order valence-corrected chi connectivity index (χ2v) is 8.23. The van der Waals surface area contributed by atoms with Crippen molar-refractivity contribution in [3.8, 4) is 11.1 Å². The highest BCUT2D eigenvalue weighted by atomic mass is 16.5. The Kier molecular flexibility index (Phi) is 8.61. The van der Waals surface area contributed by atoms with E-state index in [-0.39, 0.29) is 45.3 Å². The predicted octanol–water partition coefficient (Wildman–Crippen LogP) is 2.54. The van der Waals surface area contributed by atoms with Gasteiger partial charge < -0.3 is 30.0 Å². The van der Waals surface area contributed by atoms with Crippen LogP contribution in [0.2, 0.25) is 0 Å². The average Bonchev–Trinajstić information content (AvgIpc) is 3.13. The number of amides is 2. The molecule has 34 heavy (non-hydrogen) atoms. The van der Waals surface area contributed by atoms with E-state index in [4.69, 9.17) is 14.2 Å². The zero-order chi connectivity index (χ0) is 24.6. The molecule has 0 aromatic heterocycles. The third kappa shape index (κ3) is 6.12. The lowest BCUT2D eigenvalue weighted by Gasteiger charge is -2.25. The van der Waals surface area contributed by atoms with Crippen molar-refractivity contribution in [3.63, 3.8) is 0 Å². The molecule has 1 aliphatic carbocycles. The van der Waals surface area contributed by atoms with Crippen molar-refractivity contribution in [1.82, 2.24) is 10.6 Å². The molecule has 0 saturated carbocycles. The minimum atomic E-state index is -1.50. The molecule has 9 heteroatoms. The van der Waals surface area contributed by atoms with E-state index in [2.05, 4.69) is 34.9 Å². The standard InChI is InChI=1S/C25H30N2O7/c1-25(16-32-2,23(29)30)27-22(28)11-13-33-14-12-26-24(31)34-15-21-19-9-5-3-7-17(19)18-8-4-6-10-20(18)21/h3-10,21H,11-16H2,1-2H3,(H,26,31)(H,27,28)(H,29,30). The lowest BCUT2D eigenvalue weighted by molar-refractivity contribution is -0.149. The van der Waals surface area contributed by atoms with Crippen LogP contribution in [0.5, 0.6) is 0 Å². The van der Waals surface area contributed by atoms with Crippen LogP contribution in [-0.2, 0) is 23.8 Å². The van der Waals surface area contributed by atoms with E-state index in [0.717, 1.165) is 22.3 Å². The number of methoxy groups -OCH3 is 1.